The van der Waals surface area contributed by atoms with Gasteiger partial charge in [-0.05, 0) is 30.7 Å². The van der Waals surface area contributed by atoms with E-state index < -0.39 is 42.0 Å². The molecule has 22 heavy (non-hydrogen) atoms. The van der Waals surface area contributed by atoms with Crippen molar-refractivity contribution in [2.45, 2.75) is 25.1 Å². The highest BCUT2D eigenvalue weighted by Crippen LogP contribution is 2.29. The van der Waals surface area contributed by atoms with Crippen LogP contribution in [-0.4, -0.2) is 34.1 Å². The summed E-state index contributed by atoms with van der Waals surface area (Å²) in [7, 11) is 0. The van der Waals surface area contributed by atoms with Gasteiger partial charge in [0.1, 0.15) is 6.04 Å². The van der Waals surface area contributed by atoms with Crippen LogP contribution in [-0.2, 0) is 15.8 Å². The predicted molar refractivity (Wildman–Crippen MR) is 67.2 cm³/mol. The molecule has 1 aromatic carbocycles. The molecule has 0 saturated heterocycles. The number of alkyl halides is 3. The molecule has 0 fully saturated rings. The predicted octanol–water partition coefficient (Wildman–Crippen LogP) is 1.75. The van der Waals surface area contributed by atoms with E-state index in [1.807, 2.05) is 0 Å². The second kappa shape index (κ2) is 6.92. The van der Waals surface area contributed by atoms with Gasteiger partial charge in [-0.1, -0.05) is 0 Å². The number of carbonyl (C=O) groups excluding carboxylic acids is 1. The maximum absolute atomic E-state index is 12.4. The molecule has 6 nitrogen and oxygen atoms in total. The third kappa shape index (κ3) is 5.08. The van der Waals surface area contributed by atoms with Crippen molar-refractivity contribution in [2.75, 3.05) is 0 Å². The minimum absolute atomic E-state index is 0.158. The molecular formula is C13H12F3NO5. The first-order valence-electron chi connectivity index (χ1n) is 6.04. The van der Waals surface area contributed by atoms with Gasteiger partial charge in [-0.2, -0.15) is 13.2 Å². The average Bonchev–Trinajstić information content (AvgIpc) is 2.41. The summed E-state index contributed by atoms with van der Waals surface area (Å²) in [6.07, 6.45) is -5.35. The minimum atomic E-state index is -4.54. The van der Waals surface area contributed by atoms with E-state index in [0.717, 1.165) is 12.1 Å². The smallest absolute Gasteiger partial charge is 0.416 e. The fraction of sp³-hybridized carbons (Fsp3) is 0.308. The molecule has 1 aromatic rings. The maximum Gasteiger partial charge on any atom is 0.416 e. The van der Waals surface area contributed by atoms with Gasteiger partial charge in [0.15, 0.2) is 0 Å². The van der Waals surface area contributed by atoms with E-state index >= 15 is 0 Å². The summed E-state index contributed by atoms with van der Waals surface area (Å²) in [5, 5.41) is 19.4. The van der Waals surface area contributed by atoms with Crippen molar-refractivity contribution in [3.63, 3.8) is 0 Å². The molecule has 9 heteroatoms. The number of hydrogen-bond donors (Lipinski definition) is 3. The fourth-order valence-corrected chi connectivity index (χ4v) is 1.58. The van der Waals surface area contributed by atoms with Crippen LogP contribution in [0.15, 0.2) is 24.3 Å². The standard InChI is InChI=1S/C13H12F3NO5/c14-13(15,16)8-3-1-7(2-4-8)11(20)17-9(12(21)22)5-6-10(18)19/h1-4,9H,5-6H2,(H,17,20)(H,18,19)(H,21,22)/t9-/m1/s1. The largest absolute Gasteiger partial charge is 0.481 e. The lowest BCUT2D eigenvalue weighted by molar-refractivity contribution is -0.140. The van der Waals surface area contributed by atoms with E-state index in [9.17, 15) is 27.6 Å². The number of carbonyl (C=O) groups is 3. The van der Waals surface area contributed by atoms with Crippen LogP contribution in [0.5, 0.6) is 0 Å². The van der Waals surface area contributed by atoms with Crippen molar-refractivity contribution in [1.82, 2.24) is 5.32 Å². The van der Waals surface area contributed by atoms with Gasteiger partial charge >= 0.3 is 18.1 Å². The molecule has 0 aliphatic carbocycles. The van der Waals surface area contributed by atoms with Crippen LogP contribution in [0.2, 0.25) is 0 Å². The number of carboxylic acid groups (broad SMARTS) is 2. The van der Waals surface area contributed by atoms with Crippen LogP contribution in [0.3, 0.4) is 0 Å². The molecule has 0 saturated carbocycles. The molecule has 0 heterocycles. The summed E-state index contributed by atoms with van der Waals surface area (Å²) in [6, 6.07) is 1.78. The van der Waals surface area contributed by atoms with E-state index in [2.05, 4.69) is 5.32 Å². The minimum Gasteiger partial charge on any atom is -0.481 e. The van der Waals surface area contributed by atoms with Crippen LogP contribution in [0.1, 0.15) is 28.8 Å². The van der Waals surface area contributed by atoms with Crippen LogP contribution < -0.4 is 5.32 Å². The first-order valence-corrected chi connectivity index (χ1v) is 6.04. The molecule has 0 aliphatic heterocycles. The summed E-state index contributed by atoms with van der Waals surface area (Å²) >= 11 is 0. The molecule has 1 atom stereocenters. The van der Waals surface area contributed by atoms with Crippen LogP contribution in [0.4, 0.5) is 13.2 Å². The highest BCUT2D eigenvalue weighted by molar-refractivity contribution is 5.96. The zero-order chi connectivity index (χ0) is 16.9. The number of carboxylic acids is 2. The highest BCUT2D eigenvalue weighted by atomic mass is 19.4. The van der Waals surface area contributed by atoms with Crippen molar-refractivity contribution in [2.24, 2.45) is 0 Å². The van der Waals surface area contributed by atoms with E-state index in [0.29, 0.717) is 12.1 Å². The van der Waals surface area contributed by atoms with Crippen LogP contribution >= 0.6 is 0 Å². The van der Waals surface area contributed by atoms with Gasteiger partial charge in [-0.3, -0.25) is 9.59 Å². The van der Waals surface area contributed by atoms with Crippen molar-refractivity contribution in [3.05, 3.63) is 35.4 Å². The second-order valence-electron chi connectivity index (χ2n) is 4.37. The van der Waals surface area contributed by atoms with Crippen molar-refractivity contribution >= 4 is 17.8 Å². The number of amides is 1. The zero-order valence-electron chi connectivity index (χ0n) is 11.1. The summed E-state index contributed by atoms with van der Waals surface area (Å²) in [6.45, 7) is 0. The lowest BCUT2D eigenvalue weighted by atomic mass is 10.1. The Kier molecular flexibility index (Phi) is 5.50. The summed E-state index contributed by atoms with van der Waals surface area (Å²) < 4.78 is 37.1. The summed E-state index contributed by atoms with van der Waals surface area (Å²) in [4.78, 5) is 33.1. The summed E-state index contributed by atoms with van der Waals surface area (Å²) in [5.41, 5.74) is -1.10. The van der Waals surface area contributed by atoms with Crippen molar-refractivity contribution < 1.29 is 37.8 Å². The lowest BCUT2D eigenvalue weighted by Crippen LogP contribution is -2.41. The van der Waals surface area contributed by atoms with E-state index in [4.69, 9.17) is 10.2 Å². The Morgan fingerprint density at radius 1 is 1.09 bits per heavy atom. The molecule has 0 unspecified atom stereocenters. The SMILES string of the molecule is O=C(O)CC[C@@H](NC(=O)c1ccc(C(F)(F)F)cc1)C(=O)O. The number of benzene rings is 1. The Labute approximate surface area is 122 Å². The first-order chi connectivity index (χ1) is 10.1. The third-order valence-corrected chi connectivity index (χ3v) is 2.72. The second-order valence-corrected chi connectivity index (χ2v) is 4.37. The Morgan fingerprint density at radius 3 is 2.05 bits per heavy atom. The normalized spacial score (nSPS) is 12.5. The van der Waals surface area contributed by atoms with Gasteiger partial charge in [-0.15, -0.1) is 0 Å². The molecule has 0 radical (unpaired) electrons. The molecular weight excluding hydrogens is 307 g/mol. The van der Waals surface area contributed by atoms with Gasteiger partial charge < -0.3 is 15.5 Å². The number of halogens is 3. The first kappa shape index (κ1) is 17.5. The Bertz CT molecular complexity index is 568. The van der Waals surface area contributed by atoms with Gasteiger partial charge in [0.05, 0.1) is 5.56 Å². The molecule has 0 aliphatic rings. The van der Waals surface area contributed by atoms with Crippen molar-refractivity contribution in [3.8, 4) is 0 Å². The number of rotatable bonds is 6. The maximum atomic E-state index is 12.4. The van der Waals surface area contributed by atoms with E-state index in [1.54, 1.807) is 0 Å². The Balaban J connectivity index is 2.77. The topological polar surface area (TPSA) is 104 Å². The average molecular weight is 319 g/mol. The van der Waals surface area contributed by atoms with Crippen LogP contribution in [0.25, 0.3) is 0 Å². The Morgan fingerprint density at radius 2 is 1.64 bits per heavy atom. The van der Waals surface area contributed by atoms with Gasteiger partial charge in [-0.25, -0.2) is 4.79 Å². The van der Waals surface area contributed by atoms with E-state index in [-0.39, 0.29) is 12.0 Å². The van der Waals surface area contributed by atoms with E-state index in [1.165, 1.54) is 0 Å². The number of nitrogens with one attached hydrogen (secondary N) is 1. The van der Waals surface area contributed by atoms with Gasteiger partial charge in [0.2, 0.25) is 0 Å². The quantitative estimate of drug-likeness (QED) is 0.741. The zero-order valence-corrected chi connectivity index (χ0v) is 11.1. The van der Waals surface area contributed by atoms with Gasteiger partial charge in [0.25, 0.3) is 5.91 Å². The molecule has 0 bridgehead atoms. The lowest BCUT2D eigenvalue weighted by Gasteiger charge is -2.14. The highest BCUT2D eigenvalue weighted by Gasteiger charge is 2.30. The fourth-order valence-electron chi connectivity index (χ4n) is 1.58. The molecule has 0 spiro atoms. The molecule has 0 aromatic heterocycles. The monoisotopic (exact) mass is 319 g/mol. The van der Waals surface area contributed by atoms with Crippen LogP contribution in [0, 0.1) is 0 Å². The number of aliphatic carboxylic acids is 2. The molecule has 1 amide bonds. The molecule has 3 N–H and O–H groups in total. The third-order valence-electron chi connectivity index (χ3n) is 2.72. The molecule has 120 valence electrons. The Hall–Kier alpha value is -2.58. The van der Waals surface area contributed by atoms with Gasteiger partial charge in [0, 0.05) is 12.0 Å². The number of hydrogen-bond acceptors (Lipinski definition) is 3. The molecule has 1 rings (SSSR count). The summed E-state index contributed by atoms with van der Waals surface area (Å²) in [5.74, 6) is -3.55. The van der Waals surface area contributed by atoms with Crippen molar-refractivity contribution in [1.29, 1.82) is 0 Å².